The molecule has 2 heterocycles. The van der Waals surface area contributed by atoms with Gasteiger partial charge < -0.3 is 9.72 Å². The van der Waals surface area contributed by atoms with Gasteiger partial charge in [0.05, 0.1) is 11.4 Å². The van der Waals surface area contributed by atoms with Crippen LogP contribution in [0.5, 0.6) is 0 Å². The first-order valence-corrected chi connectivity index (χ1v) is 7.57. The van der Waals surface area contributed by atoms with Gasteiger partial charge in [0.1, 0.15) is 5.65 Å². The van der Waals surface area contributed by atoms with E-state index in [1.54, 1.807) is 0 Å². The van der Waals surface area contributed by atoms with Crippen LogP contribution in [0.3, 0.4) is 0 Å². The Balaban J connectivity index is 1.77. The maximum Gasteiger partial charge on any atom is 0.227 e. The molecule has 1 aliphatic rings. The number of amides is 1. The fraction of sp³-hybridized carbons (Fsp3) is 0.222. The van der Waals surface area contributed by atoms with Crippen LogP contribution >= 0.6 is 0 Å². The van der Waals surface area contributed by atoms with E-state index in [4.69, 9.17) is 4.98 Å². The lowest BCUT2D eigenvalue weighted by molar-refractivity contribution is -0.117. The molecule has 1 amide bonds. The second-order valence-corrected chi connectivity index (χ2v) is 5.86. The number of hydrogen-bond acceptors (Lipinski definition) is 2. The summed E-state index contributed by atoms with van der Waals surface area (Å²) in [5, 5.41) is 3.04. The Bertz CT molecular complexity index is 862. The van der Waals surface area contributed by atoms with Gasteiger partial charge in [0.2, 0.25) is 5.91 Å². The van der Waals surface area contributed by atoms with Crippen molar-refractivity contribution in [2.75, 3.05) is 5.32 Å². The quantitative estimate of drug-likeness (QED) is 0.800. The Morgan fingerprint density at radius 1 is 1.23 bits per heavy atom. The molecule has 4 nitrogen and oxygen atoms in total. The van der Waals surface area contributed by atoms with Crippen LogP contribution in [-0.2, 0) is 4.79 Å². The summed E-state index contributed by atoms with van der Waals surface area (Å²) in [4.78, 5) is 16.8. The van der Waals surface area contributed by atoms with Crippen molar-refractivity contribution < 1.29 is 4.79 Å². The summed E-state index contributed by atoms with van der Waals surface area (Å²) < 4.78 is 2.02. The SMILES string of the molecule is Cc1cccn2cc(-c3ccccc3NC(=O)C3CC3)nc12. The highest BCUT2D eigenvalue weighted by atomic mass is 16.2. The van der Waals surface area contributed by atoms with Gasteiger partial charge in [0.15, 0.2) is 0 Å². The van der Waals surface area contributed by atoms with Crippen LogP contribution in [0.4, 0.5) is 5.69 Å². The van der Waals surface area contributed by atoms with Crippen LogP contribution in [-0.4, -0.2) is 15.3 Å². The van der Waals surface area contributed by atoms with Gasteiger partial charge in [-0.2, -0.15) is 0 Å². The Labute approximate surface area is 128 Å². The first kappa shape index (κ1) is 13.1. The molecule has 1 N–H and O–H groups in total. The van der Waals surface area contributed by atoms with E-state index in [9.17, 15) is 4.79 Å². The molecule has 1 fully saturated rings. The molecule has 4 rings (SSSR count). The molecule has 1 aliphatic carbocycles. The highest BCUT2D eigenvalue weighted by Crippen LogP contribution is 2.33. The number of imidazole rings is 1. The lowest BCUT2D eigenvalue weighted by atomic mass is 10.1. The van der Waals surface area contributed by atoms with E-state index in [1.165, 1.54) is 0 Å². The number of hydrogen-bond donors (Lipinski definition) is 1. The van der Waals surface area contributed by atoms with E-state index >= 15 is 0 Å². The van der Waals surface area contributed by atoms with Gasteiger partial charge in [0.25, 0.3) is 0 Å². The summed E-state index contributed by atoms with van der Waals surface area (Å²) in [7, 11) is 0. The number of fused-ring (bicyclic) bond motifs is 1. The van der Waals surface area contributed by atoms with E-state index < -0.39 is 0 Å². The number of carbonyl (C=O) groups excluding carboxylic acids is 1. The minimum atomic E-state index is 0.118. The molecule has 0 bridgehead atoms. The monoisotopic (exact) mass is 291 g/mol. The summed E-state index contributed by atoms with van der Waals surface area (Å²) in [6.45, 7) is 2.05. The van der Waals surface area contributed by atoms with E-state index in [2.05, 4.69) is 5.32 Å². The standard InChI is InChI=1S/C18H17N3O/c1-12-5-4-10-21-11-16(19-17(12)21)14-6-2-3-7-15(14)20-18(22)13-8-9-13/h2-7,10-11,13H,8-9H2,1H3,(H,20,22). The van der Waals surface area contributed by atoms with Crippen LogP contribution in [0.25, 0.3) is 16.9 Å². The van der Waals surface area contributed by atoms with Gasteiger partial charge in [-0.1, -0.05) is 24.3 Å². The molecule has 0 aliphatic heterocycles. The number of para-hydroxylation sites is 1. The Morgan fingerprint density at radius 3 is 2.82 bits per heavy atom. The summed E-state index contributed by atoms with van der Waals surface area (Å²) in [6, 6.07) is 11.9. The molecule has 0 saturated heterocycles. The number of carbonyl (C=O) groups is 1. The van der Waals surface area contributed by atoms with Gasteiger partial charge >= 0.3 is 0 Å². The van der Waals surface area contributed by atoms with E-state index in [0.29, 0.717) is 0 Å². The zero-order valence-corrected chi connectivity index (χ0v) is 12.4. The van der Waals surface area contributed by atoms with Crippen LogP contribution in [0.1, 0.15) is 18.4 Å². The summed E-state index contributed by atoms with van der Waals surface area (Å²) in [6.07, 6.45) is 6.00. The van der Waals surface area contributed by atoms with Gasteiger partial charge in [-0.25, -0.2) is 4.98 Å². The smallest absolute Gasteiger partial charge is 0.227 e. The van der Waals surface area contributed by atoms with Crippen LogP contribution < -0.4 is 5.32 Å². The van der Waals surface area contributed by atoms with Crippen LogP contribution in [0, 0.1) is 12.8 Å². The maximum absolute atomic E-state index is 12.0. The number of rotatable bonds is 3. The number of aryl methyl sites for hydroxylation is 1. The average molecular weight is 291 g/mol. The number of benzene rings is 1. The molecular formula is C18H17N3O. The number of nitrogens with zero attached hydrogens (tertiary/aromatic N) is 2. The van der Waals surface area contributed by atoms with E-state index in [0.717, 1.165) is 41.0 Å². The van der Waals surface area contributed by atoms with Crippen molar-refractivity contribution in [3.8, 4) is 11.3 Å². The number of pyridine rings is 1. The summed E-state index contributed by atoms with van der Waals surface area (Å²) in [5.74, 6) is 0.309. The van der Waals surface area contributed by atoms with Crippen molar-refractivity contribution in [2.24, 2.45) is 5.92 Å². The normalized spacial score (nSPS) is 14.2. The van der Waals surface area contributed by atoms with Crippen molar-refractivity contribution in [3.63, 3.8) is 0 Å². The molecule has 4 heteroatoms. The number of nitrogens with one attached hydrogen (secondary N) is 1. The zero-order chi connectivity index (χ0) is 15.1. The second kappa shape index (κ2) is 4.98. The Kier molecular flexibility index (Phi) is 2.96. The predicted octanol–water partition coefficient (Wildman–Crippen LogP) is 3.66. The molecular weight excluding hydrogens is 274 g/mol. The molecule has 3 aromatic rings. The fourth-order valence-electron chi connectivity index (χ4n) is 2.68. The maximum atomic E-state index is 12.0. The third kappa shape index (κ3) is 2.26. The molecule has 0 radical (unpaired) electrons. The molecule has 1 saturated carbocycles. The zero-order valence-electron chi connectivity index (χ0n) is 12.4. The summed E-state index contributed by atoms with van der Waals surface area (Å²) in [5.41, 5.74) is 4.75. The molecule has 2 aromatic heterocycles. The second-order valence-electron chi connectivity index (χ2n) is 5.86. The third-order valence-electron chi connectivity index (χ3n) is 4.09. The van der Waals surface area contributed by atoms with Crippen LogP contribution in [0.2, 0.25) is 0 Å². The van der Waals surface area contributed by atoms with E-state index in [1.807, 2.05) is 60.1 Å². The van der Waals surface area contributed by atoms with Gasteiger partial charge in [0, 0.05) is 23.9 Å². The first-order valence-electron chi connectivity index (χ1n) is 7.57. The lowest BCUT2D eigenvalue weighted by Crippen LogP contribution is -2.13. The first-order chi connectivity index (χ1) is 10.7. The van der Waals surface area contributed by atoms with Crippen molar-refractivity contribution in [1.82, 2.24) is 9.38 Å². The molecule has 110 valence electrons. The Morgan fingerprint density at radius 2 is 2.05 bits per heavy atom. The fourth-order valence-corrected chi connectivity index (χ4v) is 2.68. The van der Waals surface area contributed by atoms with Crippen LogP contribution in [0.15, 0.2) is 48.8 Å². The topological polar surface area (TPSA) is 46.4 Å². The lowest BCUT2D eigenvalue weighted by Gasteiger charge is -2.08. The number of aromatic nitrogens is 2. The number of anilines is 1. The van der Waals surface area contributed by atoms with E-state index in [-0.39, 0.29) is 11.8 Å². The minimum absolute atomic E-state index is 0.118. The minimum Gasteiger partial charge on any atom is -0.325 e. The molecule has 0 unspecified atom stereocenters. The van der Waals surface area contributed by atoms with Gasteiger partial charge in [-0.05, 0) is 37.5 Å². The van der Waals surface area contributed by atoms with Crippen molar-refractivity contribution in [3.05, 3.63) is 54.4 Å². The van der Waals surface area contributed by atoms with Gasteiger partial charge in [-0.15, -0.1) is 0 Å². The van der Waals surface area contributed by atoms with Crippen molar-refractivity contribution in [1.29, 1.82) is 0 Å². The molecule has 0 spiro atoms. The van der Waals surface area contributed by atoms with Gasteiger partial charge in [-0.3, -0.25) is 4.79 Å². The molecule has 1 aromatic carbocycles. The third-order valence-corrected chi connectivity index (χ3v) is 4.09. The Hall–Kier alpha value is -2.62. The summed E-state index contributed by atoms with van der Waals surface area (Å²) >= 11 is 0. The average Bonchev–Trinajstić information content (AvgIpc) is 3.28. The molecule has 22 heavy (non-hydrogen) atoms. The predicted molar refractivity (Wildman–Crippen MR) is 86.7 cm³/mol. The highest BCUT2D eigenvalue weighted by Gasteiger charge is 2.30. The highest BCUT2D eigenvalue weighted by molar-refractivity contribution is 5.97. The van der Waals surface area contributed by atoms with Crippen molar-refractivity contribution in [2.45, 2.75) is 19.8 Å². The van der Waals surface area contributed by atoms with Crippen molar-refractivity contribution >= 4 is 17.2 Å². The largest absolute Gasteiger partial charge is 0.325 e. The molecule has 0 atom stereocenters.